The van der Waals surface area contributed by atoms with Crippen molar-refractivity contribution in [1.82, 2.24) is 9.97 Å². The zero-order valence-electron chi connectivity index (χ0n) is 32.5. The van der Waals surface area contributed by atoms with E-state index < -0.39 is 0 Å². The summed E-state index contributed by atoms with van der Waals surface area (Å²) in [6.45, 7) is 8.92. The van der Waals surface area contributed by atoms with E-state index in [4.69, 9.17) is 0 Å². The van der Waals surface area contributed by atoms with Gasteiger partial charge in [-0.25, -0.2) is 9.97 Å². The Hall–Kier alpha value is -1.12. The van der Waals surface area contributed by atoms with Gasteiger partial charge in [-0.2, -0.15) is 0 Å². The standard InChI is InChI=1S/C44H66N2S5/c1-5-7-9-11-13-15-17-19-21-23-25-27-29-35-39(37-31-45-33(3)47-37)49-43-41(35)51-42-36(40(50-44(42)43)38-32-46-34(4)48-38)30-28-26-24-22-20-18-16-14-12-10-8-6-2/h31-32H,5-30H2,1-4H3. The average Bonchev–Trinajstić information content (AvgIpc) is 3.95. The van der Waals surface area contributed by atoms with Gasteiger partial charge in [-0.15, -0.1) is 56.7 Å². The second-order valence-corrected chi connectivity index (χ2v) is 20.5. The molecule has 51 heavy (non-hydrogen) atoms. The lowest BCUT2D eigenvalue weighted by molar-refractivity contribution is 0.544. The number of aromatic nitrogens is 2. The van der Waals surface area contributed by atoms with Crippen molar-refractivity contribution in [2.75, 3.05) is 0 Å². The minimum atomic E-state index is 1.17. The van der Waals surface area contributed by atoms with E-state index in [-0.39, 0.29) is 0 Å². The molecule has 0 aliphatic rings. The lowest BCUT2D eigenvalue weighted by atomic mass is 10.0. The monoisotopic (exact) mass is 782 g/mol. The van der Waals surface area contributed by atoms with Crippen LogP contribution < -0.4 is 0 Å². The van der Waals surface area contributed by atoms with Crippen molar-refractivity contribution in [3.05, 3.63) is 33.5 Å². The third-order valence-corrected chi connectivity index (χ3v) is 17.0. The van der Waals surface area contributed by atoms with Gasteiger partial charge < -0.3 is 0 Å². The molecule has 0 bridgehead atoms. The molecule has 282 valence electrons. The van der Waals surface area contributed by atoms with Crippen molar-refractivity contribution in [2.24, 2.45) is 0 Å². The first kappa shape index (κ1) is 41.1. The second kappa shape index (κ2) is 22.9. The predicted octanol–water partition coefficient (Wildman–Crippen LogP) is 17.5. The summed E-state index contributed by atoms with van der Waals surface area (Å²) >= 11 is 9.98. The van der Waals surface area contributed by atoms with Gasteiger partial charge in [-0.3, -0.25) is 0 Å². The highest BCUT2D eigenvalue weighted by Gasteiger charge is 2.25. The minimum absolute atomic E-state index is 1.17. The molecule has 0 aliphatic carbocycles. The number of aryl methyl sites for hydroxylation is 4. The average molecular weight is 783 g/mol. The first-order valence-electron chi connectivity index (χ1n) is 21.0. The summed E-state index contributed by atoms with van der Waals surface area (Å²) in [6, 6.07) is 0. The van der Waals surface area contributed by atoms with Gasteiger partial charge in [0.05, 0.1) is 48.3 Å². The van der Waals surface area contributed by atoms with Crippen LogP contribution in [0.25, 0.3) is 38.3 Å². The van der Waals surface area contributed by atoms with E-state index in [1.165, 1.54) is 196 Å². The number of thiazole rings is 2. The Balaban J connectivity index is 1.22. The van der Waals surface area contributed by atoms with E-state index in [0.29, 0.717) is 0 Å². The highest BCUT2D eigenvalue weighted by Crippen LogP contribution is 2.54. The molecule has 2 nitrogen and oxygen atoms in total. The van der Waals surface area contributed by atoms with Crippen LogP contribution in [0.5, 0.6) is 0 Å². The minimum Gasteiger partial charge on any atom is -0.249 e. The highest BCUT2D eigenvalue weighted by atomic mass is 32.1. The van der Waals surface area contributed by atoms with E-state index in [1.807, 2.05) is 22.7 Å². The predicted molar refractivity (Wildman–Crippen MR) is 236 cm³/mol. The van der Waals surface area contributed by atoms with Gasteiger partial charge in [-0.05, 0) is 50.7 Å². The number of hydrogen-bond donors (Lipinski definition) is 0. The third-order valence-electron chi connectivity index (χ3n) is 10.6. The van der Waals surface area contributed by atoms with Crippen LogP contribution in [0.1, 0.15) is 189 Å². The van der Waals surface area contributed by atoms with Crippen molar-refractivity contribution < 1.29 is 0 Å². The fourth-order valence-corrected chi connectivity index (χ4v) is 14.0. The molecule has 0 amide bonds. The normalized spacial score (nSPS) is 12.0. The molecule has 5 aromatic heterocycles. The Labute approximate surface area is 330 Å². The lowest BCUT2D eigenvalue weighted by Gasteiger charge is -2.05. The summed E-state index contributed by atoms with van der Waals surface area (Å²) in [7, 11) is 0. The zero-order valence-corrected chi connectivity index (χ0v) is 36.6. The topological polar surface area (TPSA) is 25.8 Å². The fraction of sp³-hybridized carbons (Fsp3) is 0.682. The number of nitrogens with zero attached hydrogens (tertiary/aromatic N) is 2. The molecule has 0 aliphatic heterocycles. The molecule has 0 radical (unpaired) electrons. The van der Waals surface area contributed by atoms with Crippen molar-refractivity contribution in [3.8, 4) is 19.5 Å². The molecule has 0 saturated carbocycles. The van der Waals surface area contributed by atoms with Gasteiger partial charge in [0.1, 0.15) is 0 Å². The van der Waals surface area contributed by atoms with Gasteiger partial charge in [0.15, 0.2) is 0 Å². The Morgan fingerprint density at radius 2 is 0.686 bits per heavy atom. The zero-order chi connectivity index (χ0) is 35.7. The summed E-state index contributed by atoms with van der Waals surface area (Å²) in [4.78, 5) is 15.1. The van der Waals surface area contributed by atoms with Crippen molar-refractivity contribution in [2.45, 2.75) is 195 Å². The Morgan fingerprint density at radius 3 is 0.980 bits per heavy atom. The molecule has 0 atom stereocenters. The molecule has 7 heteroatoms. The van der Waals surface area contributed by atoms with Crippen LogP contribution in [0.3, 0.4) is 0 Å². The third kappa shape index (κ3) is 12.5. The van der Waals surface area contributed by atoms with E-state index in [1.54, 1.807) is 29.9 Å². The number of hydrogen-bond acceptors (Lipinski definition) is 7. The first-order chi connectivity index (χ1) is 25.1. The van der Waals surface area contributed by atoms with Crippen LogP contribution in [-0.4, -0.2) is 9.97 Å². The SMILES string of the molecule is CCCCCCCCCCCCCCc1c(-c2cnc(C)s2)sc2c1sc1c(CCCCCCCCCCCCCC)c(-c3cnc(C)s3)sc12. The maximum atomic E-state index is 4.69. The summed E-state index contributed by atoms with van der Waals surface area (Å²) in [5.74, 6) is 0. The van der Waals surface area contributed by atoms with Crippen LogP contribution >= 0.6 is 56.7 Å². The summed E-state index contributed by atoms with van der Waals surface area (Å²) < 4.78 is 6.23. The van der Waals surface area contributed by atoms with Crippen molar-refractivity contribution in [3.63, 3.8) is 0 Å². The molecule has 5 rings (SSSR count). The maximum absolute atomic E-state index is 4.69. The van der Waals surface area contributed by atoms with Crippen LogP contribution in [-0.2, 0) is 12.8 Å². The number of thiophene rings is 3. The Kier molecular flexibility index (Phi) is 18.5. The lowest BCUT2D eigenvalue weighted by Crippen LogP contribution is -1.88. The van der Waals surface area contributed by atoms with Gasteiger partial charge in [0.25, 0.3) is 0 Å². The molecular formula is C44H66N2S5. The van der Waals surface area contributed by atoms with Crippen molar-refractivity contribution in [1.29, 1.82) is 0 Å². The highest BCUT2D eigenvalue weighted by molar-refractivity contribution is 7.41. The van der Waals surface area contributed by atoms with Gasteiger partial charge in [-0.1, -0.05) is 155 Å². The molecule has 5 aromatic rings. The molecule has 0 N–H and O–H groups in total. The van der Waals surface area contributed by atoms with E-state index >= 15 is 0 Å². The van der Waals surface area contributed by atoms with Gasteiger partial charge in [0.2, 0.25) is 0 Å². The summed E-state index contributed by atoms with van der Waals surface area (Å²) in [6.07, 6.45) is 40.3. The van der Waals surface area contributed by atoms with Crippen LogP contribution in [0.4, 0.5) is 0 Å². The summed E-state index contributed by atoms with van der Waals surface area (Å²) in [5.41, 5.74) is 3.23. The van der Waals surface area contributed by atoms with Gasteiger partial charge in [0, 0.05) is 12.4 Å². The molecule has 0 fully saturated rings. The maximum Gasteiger partial charge on any atom is 0.0900 e. The smallest absolute Gasteiger partial charge is 0.0900 e. The second-order valence-electron chi connectivity index (χ2n) is 15.0. The molecule has 0 unspecified atom stereocenters. The van der Waals surface area contributed by atoms with Crippen LogP contribution in [0.2, 0.25) is 0 Å². The number of rotatable bonds is 28. The Morgan fingerprint density at radius 1 is 0.373 bits per heavy atom. The fourth-order valence-electron chi connectivity index (χ4n) is 7.59. The molecule has 0 aromatic carbocycles. The summed E-state index contributed by atoms with van der Waals surface area (Å²) in [5, 5.41) is 2.35. The van der Waals surface area contributed by atoms with Crippen LogP contribution in [0, 0.1) is 13.8 Å². The molecule has 0 spiro atoms. The molecule has 0 saturated heterocycles. The number of fused-ring (bicyclic) bond motifs is 3. The largest absolute Gasteiger partial charge is 0.249 e. The quantitative estimate of drug-likeness (QED) is 0.0472. The molecule has 5 heterocycles. The van der Waals surface area contributed by atoms with Crippen molar-refractivity contribution >= 4 is 75.5 Å². The van der Waals surface area contributed by atoms with Gasteiger partial charge >= 0.3 is 0 Å². The van der Waals surface area contributed by atoms with Crippen LogP contribution in [0.15, 0.2) is 12.4 Å². The Bertz CT molecular complexity index is 1560. The molecular weight excluding hydrogens is 717 g/mol. The van der Waals surface area contributed by atoms with E-state index in [2.05, 4.69) is 84.1 Å². The number of unbranched alkanes of at least 4 members (excludes halogenated alkanes) is 22. The van der Waals surface area contributed by atoms with E-state index in [0.717, 1.165) is 0 Å². The van der Waals surface area contributed by atoms with E-state index in [9.17, 15) is 0 Å². The first-order valence-corrected chi connectivity index (χ1v) is 25.0.